The minimum Gasteiger partial charge on any atom is -0.193 e. The summed E-state index contributed by atoms with van der Waals surface area (Å²) in [5.74, 6) is 0.250. The van der Waals surface area contributed by atoms with Gasteiger partial charge in [-0.2, -0.15) is 4.89 Å². The van der Waals surface area contributed by atoms with Gasteiger partial charge in [0.15, 0.2) is 0 Å². The Balaban J connectivity index is 2.19. The van der Waals surface area contributed by atoms with Crippen LogP contribution >= 0.6 is 11.8 Å². The molecule has 0 aliphatic rings. The van der Waals surface area contributed by atoms with Gasteiger partial charge in [0.1, 0.15) is 5.94 Å². The standard InChI is InChI=1S/C2H5O2S/c1-5-2-4-3/h2H2,1H3. The van der Waals surface area contributed by atoms with Crippen LogP contribution in [0.15, 0.2) is 0 Å². The zero-order valence-electron chi connectivity index (χ0n) is 2.93. The summed E-state index contributed by atoms with van der Waals surface area (Å²) < 4.78 is 0. The number of hydrogen-bond donors (Lipinski definition) is 0. The van der Waals surface area contributed by atoms with Crippen molar-refractivity contribution in [2.24, 2.45) is 0 Å². The second-order valence-electron chi connectivity index (χ2n) is 0.524. The van der Waals surface area contributed by atoms with E-state index in [-0.39, 0.29) is 5.94 Å². The highest BCUT2D eigenvalue weighted by Crippen LogP contribution is 1.87. The molecular formula is C2H5O2S. The Bertz CT molecular complexity index is 15.1. The Morgan fingerprint density at radius 2 is 2.60 bits per heavy atom. The van der Waals surface area contributed by atoms with E-state index in [0.29, 0.717) is 0 Å². The lowest BCUT2D eigenvalue weighted by atomic mass is 11.7. The third-order valence-electron chi connectivity index (χ3n) is 0.166. The molecule has 0 aliphatic heterocycles. The van der Waals surface area contributed by atoms with E-state index in [1.807, 2.05) is 0 Å². The minimum absolute atomic E-state index is 0.250. The molecule has 1 radical (unpaired) electrons. The van der Waals surface area contributed by atoms with Crippen LogP contribution in [0.2, 0.25) is 0 Å². The van der Waals surface area contributed by atoms with Crippen LogP contribution in [0.4, 0.5) is 0 Å². The van der Waals surface area contributed by atoms with Gasteiger partial charge in [-0.25, -0.2) is 0 Å². The number of hydrogen-bond acceptors (Lipinski definition) is 2. The summed E-state index contributed by atoms with van der Waals surface area (Å²) in [6.45, 7) is 0. The maximum absolute atomic E-state index is 9.01. The van der Waals surface area contributed by atoms with Crippen LogP contribution in [0, 0.1) is 0 Å². The molecule has 0 spiro atoms. The molecule has 3 heteroatoms. The van der Waals surface area contributed by atoms with Crippen molar-refractivity contribution in [3.8, 4) is 0 Å². The summed E-state index contributed by atoms with van der Waals surface area (Å²) in [7, 11) is 0. The summed E-state index contributed by atoms with van der Waals surface area (Å²) in [4.78, 5) is 3.40. The zero-order chi connectivity index (χ0) is 4.12. The quantitative estimate of drug-likeness (QED) is 0.285. The Kier molecular flexibility index (Phi) is 4.50. The van der Waals surface area contributed by atoms with E-state index in [0.717, 1.165) is 0 Å². The van der Waals surface area contributed by atoms with Crippen molar-refractivity contribution in [2.45, 2.75) is 0 Å². The average Bonchev–Trinajstić information content (AvgIpc) is 1.41. The van der Waals surface area contributed by atoms with Crippen LogP contribution in [-0.2, 0) is 10.1 Å². The van der Waals surface area contributed by atoms with Gasteiger partial charge in [-0.1, -0.05) is 0 Å². The number of thioether (sulfide) groups is 1. The van der Waals surface area contributed by atoms with Gasteiger partial charge in [-0.05, 0) is 11.5 Å². The lowest BCUT2D eigenvalue weighted by Crippen LogP contribution is -1.73. The normalized spacial score (nSPS) is 8.40. The fourth-order valence-corrected chi connectivity index (χ4v) is 0.144. The van der Waals surface area contributed by atoms with E-state index < -0.39 is 0 Å². The van der Waals surface area contributed by atoms with E-state index in [1.165, 1.54) is 11.8 Å². The molecule has 0 heterocycles. The Morgan fingerprint density at radius 3 is 2.60 bits per heavy atom. The molecule has 0 N–H and O–H groups in total. The van der Waals surface area contributed by atoms with Crippen molar-refractivity contribution >= 4 is 11.8 Å². The van der Waals surface area contributed by atoms with Crippen molar-refractivity contribution in [1.82, 2.24) is 0 Å². The van der Waals surface area contributed by atoms with E-state index in [2.05, 4.69) is 4.89 Å². The van der Waals surface area contributed by atoms with Crippen LogP contribution < -0.4 is 0 Å². The van der Waals surface area contributed by atoms with Crippen LogP contribution in [0.5, 0.6) is 0 Å². The van der Waals surface area contributed by atoms with Gasteiger partial charge >= 0.3 is 0 Å². The minimum atomic E-state index is 0.250. The molecule has 0 rings (SSSR count). The van der Waals surface area contributed by atoms with E-state index in [9.17, 15) is 0 Å². The van der Waals surface area contributed by atoms with Gasteiger partial charge in [0, 0.05) is 0 Å². The first kappa shape index (κ1) is 5.27. The van der Waals surface area contributed by atoms with Crippen LogP contribution in [-0.4, -0.2) is 12.2 Å². The molecule has 0 amide bonds. The molecule has 0 atom stereocenters. The first-order valence-electron chi connectivity index (χ1n) is 1.15. The van der Waals surface area contributed by atoms with Gasteiger partial charge < -0.3 is 0 Å². The summed E-state index contributed by atoms with van der Waals surface area (Å²) in [6.07, 6.45) is 1.80. The van der Waals surface area contributed by atoms with Crippen molar-refractivity contribution < 1.29 is 10.1 Å². The molecule has 0 aromatic carbocycles. The summed E-state index contributed by atoms with van der Waals surface area (Å²) in [5.41, 5.74) is 0. The van der Waals surface area contributed by atoms with Crippen molar-refractivity contribution in [2.75, 3.05) is 12.2 Å². The molecule has 0 bridgehead atoms. The Hall–Kier alpha value is 0.270. The third-order valence-corrected chi connectivity index (χ3v) is 0.498. The highest BCUT2D eigenvalue weighted by molar-refractivity contribution is 7.98. The number of rotatable bonds is 2. The molecule has 5 heavy (non-hydrogen) atoms. The van der Waals surface area contributed by atoms with Crippen molar-refractivity contribution in [3.05, 3.63) is 0 Å². The van der Waals surface area contributed by atoms with E-state index >= 15 is 0 Å². The topological polar surface area (TPSA) is 29.1 Å². The van der Waals surface area contributed by atoms with E-state index in [1.54, 1.807) is 6.26 Å². The van der Waals surface area contributed by atoms with Gasteiger partial charge in [0.2, 0.25) is 0 Å². The largest absolute Gasteiger partial charge is 0.193 e. The van der Waals surface area contributed by atoms with Crippen molar-refractivity contribution in [1.29, 1.82) is 0 Å². The molecule has 0 aliphatic carbocycles. The molecule has 0 saturated carbocycles. The smallest absolute Gasteiger partial charge is 0.131 e. The first-order chi connectivity index (χ1) is 2.41. The molecule has 0 unspecified atom stereocenters. The summed E-state index contributed by atoms with van der Waals surface area (Å²) >= 11 is 1.37. The first-order valence-corrected chi connectivity index (χ1v) is 2.55. The Morgan fingerprint density at radius 1 is 2.00 bits per heavy atom. The monoisotopic (exact) mass is 93.0 g/mol. The predicted molar refractivity (Wildman–Crippen MR) is 20.2 cm³/mol. The average molecular weight is 93.1 g/mol. The molecule has 2 nitrogen and oxygen atoms in total. The molecule has 0 saturated heterocycles. The predicted octanol–water partition coefficient (Wildman–Crippen LogP) is 0.669. The van der Waals surface area contributed by atoms with Crippen molar-refractivity contribution in [3.63, 3.8) is 0 Å². The van der Waals surface area contributed by atoms with Gasteiger partial charge in [0.05, 0.1) is 0 Å². The Labute approximate surface area is 35.1 Å². The van der Waals surface area contributed by atoms with Crippen LogP contribution in [0.3, 0.4) is 0 Å². The highest BCUT2D eigenvalue weighted by atomic mass is 32.2. The molecule has 0 aromatic heterocycles. The molecule has 0 aromatic rings. The van der Waals surface area contributed by atoms with Gasteiger partial charge in [-0.3, -0.25) is 0 Å². The van der Waals surface area contributed by atoms with Crippen LogP contribution in [0.25, 0.3) is 0 Å². The lowest BCUT2D eigenvalue weighted by Gasteiger charge is -1.78. The summed E-state index contributed by atoms with van der Waals surface area (Å²) in [6, 6.07) is 0. The fraction of sp³-hybridized carbons (Fsp3) is 1.00. The van der Waals surface area contributed by atoms with E-state index in [4.69, 9.17) is 5.26 Å². The van der Waals surface area contributed by atoms with Gasteiger partial charge in [-0.15, -0.1) is 11.8 Å². The second-order valence-corrected chi connectivity index (χ2v) is 1.34. The van der Waals surface area contributed by atoms with Gasteiger partial charge in [0.25, 0.3) is 0 Å². The second kappa shape index (κ2) is 4.27. The molecule has 31 valence electrons. The fourth-order valence-electron chi connectivity index (χ4n) is 0.0481. The third kappa shape index (κ3) is 4.27. The maximum atomic E-state index is 9.01. The highest BCUT2D eigenvalue weighted by Gasteiger charge is 1.70. The summed E-state index contributed by atoms with van der Waals surface area (Å²) in [5, 5.41) is 9.01. The SMILES string of the molecule is CSCO[O]. The lowest BCUT2D eigenvalue weighted by molar-refractivity contribution is -0.286. The molecule has 0 fully saturated rings. The van der Waals surface area contributed by atoms with Crippen LogP contribution in [0.1, 0.15) is 0 Å². The zero-order valence-corrected chi connectivity index (χ0v) is 3.75. The maximum Gasteiger partial charge on any atom is 0.131 e. The molecular weight excluding hydrogens is 88.1 g/mol.